The summed E-state index contributed by atoms with van der Waals surface area (Å²) in [6.07, 6.45) is -0.926. The summed E-state index contributed by atoms with van der Waals surface area (Å²) < 4.78 is 13.8. The van der Waals surface area contributed by atoms with Gasteiger partial charge in [0.25, 0.3) is 0 Å². The highest BCUT2D eigenvalue weighted by atomic mass is 19.1. The van der Waals surface area contributed by atoms with Crippen LogP contribution < -0.4 is 0 Å². The maximum absolute atomic E-state index is 13.8. The normalized spacial score (nSPS) is 16.2. The smallest absolute Gasteiger partial charge is 0.236 e. The van der Waals surface area contributed by atoms with Gasteiger partial charge in [0, 0.05) is 37.1 Å². The van der Waals surface area contributed by atoms with Crippen LogP contribution in [0.3, 0.4) is 0 Å². The topological polar surface area (TPSA) is 76.9 Å². The minimum absolute atomic E-state index is 0.0881. The number of aromatic nitrogens is 1. The second kappa shape index (κ2) is 8.87. The zero-order chi connectivity index (χ0) is 21.1. The fourth-order valence-corrected chi connectivity index (χ4v) is 3.80. The highest BCUT2D eigenvalue weighted by Crippen LogP contribution is 2.27. The quantitative estimate of drug-likeness (QED) is 0.652. The van der Waals surface area contributed by atoms with E-state index in [1.807, 2.05) is 41.3 Å². The molecule has 0 unspecified atom stereocenters. The fourth-order valence-electron chi connectivity index (χ4n) is 3.80. The third kappa shape index (κ3) is 4.48. The number of pyridine rings is 1. The first-order valence-electron chi connectivity index (χ1n) is 9.97. The van der Waals surface area contributed by atoms with E-state index in [0.717, 1.165) is 27.7 Å². The molecule has 6 nitrogen and oxygen atoms in total. The van der Waals surface area contributed by atoms with Gasteiger partial charge in [-0.15, -0.1) is 0 Å². The number of carbonyl (C=O) groups is 1. The second-order valence-electron chi connectivity index (χ2n) is 7.59. The Hall–Kier alpha value is -2.87. The molecule has 2 N–H and O–H groups in total. The van der Waals surface area contributed by atoms with Gasteiger partial charge in [0.1, 0.15) is 5.82 Å². The first-order chi connectivity index (χ1) is 14.5. The minimum Gasteiger partial charge on any atom is -0.394 e. The molecule has 7 heteroatoms. The van der Waals surface area contributed by atoms with E-state index < -0.39 is 6.10 Å². The lowest BCUT2D eigenvalue weighted by Crippen LogP contribution is -2.52. The van der Waals surface area contributed by atoms with Gasteiger partial charge >= 0.3 is 0 Å². The molecule has 0 aliphatic carbocycles. The summed E-state index contributed by atoms with van der Waals surface area (Å²) in [5.41, 5.74) is 3.43. The van der Waals surface area contributed by atoms with Crippen LogP contribution in [0.25, 0.3) is 22.2 Å². The molecular weight excluding hydrogens is 385 g/mol. The predicted octanol–water partition coefficient (Wildman–Crippen LogP) is 2.04. The van der Waals surface area contributed by atoms with Crippen molar-refractivity contribution in [2.24, 2.45) is 0 Å². The number of halogens is 1. The first-order valence-corrected chi connectivity index (χ1v) is 9.97. The highest BCUT2D eigenvalue weighted by molar-refractivity contribution is 5.83. The van der Waals surface area contributed by atoms with Gasteiger partial charge in [-0.25, -0.2) is 9.37 Å². The number of piperazine rings is 1. The van der Waals surface area contributed by atoms with Crippen molar-refractivity contribution in [3.63, 3.8) is 0 Å². The third-order valence-electron chi connectivity index (χ3n) is 5.34. The number of aliphatic hydroxyl groups is 2. The molecule has 1 aliphatic rings. The third-order valence-corrected chi connectivity index (χ3v) is 5.34. The Balaban J connectivity index is 1.61. The van der Waals surface area contributed by atoms with E-state index >= 15 is 0 Å². The van der Waals surface area contributed by atoms with Gasteiger partial charge in [0.2, 0.25) is 5.91 Å². The first kappa shape index (κ1) is 20.4. The van der Waals surface area contributed by atoms with E-state index in [1.54, 1.807) is 11.0 Å². The van der Waals surface area contributed by atoms with Crippen molar-refractivity contribution >= 4 is 16.8 Å². The predicted molar refractivity (Wildman–Crippen MR) is 112 cm³/mol. The van der Waals surface area contributed by atoms with Gasteiger partial charge in [0.15, 0.2) is 0 Å². The number of aliphatic hydroxyl groups excluding tert-OH is 2. The van der Waals surface area contributed by atoms with Crippen molar-refractivity contribution in [1.29, 1.82) is 0 Å². The van der Waals surface area contributed by atoms with Crippen LogP contribution in [0.15, 0.2) is 54.6 Å². The molecule has 1 amide bonds. The molecule has 156 valence electrons. The average Bonchev–Trinajstić information content (AvgIpc) is 2.75. The summed E-state index contributed by atoms with van der Waals surface area (Å²) in [5, 5.41) is 19.4. The second-order valence-corrected chi connectivity index (χ2v) is 7.59. The van der Waals surface area contributed by atoms with Crippen molar-refractivity contribution in [3.8, 4) is 11.3 Å². The van der Waals surface area contributed by atoms with Crippen LogP contribution in [-0.2, 0) is 11.3 Å². The molecule has 4 rings (SSSR count). The monoisotopic (exact) mass is 409 g/mol. The number of amides is 1. The van der Waals surface area contributed by atoms with Gasteiger partial charge in [-0.05, 0) is 29.8 Å². The molecule has 0 saturated carbocycles. The standard InChI is InChI=1S/C23H24FN3O3/c24-19-6-7-21-17(11-19)10-18(23(25-21)16-4-2-1-3-5-16)12-26-8-9-27(22(30)14-26)13-20(29)15-28/h1-7,10-11,20,28-29H,8-9,12-15H2/t20-/m0/s1. The Morgan fingerprint density at radius 3 is 2.63 bits per heavy atom. The molecule has 1 fully saturated rings. The Kier molecular flexibility index (Phi) is 6.03. The molecule has 0 bridgehead atoms. The summed E-state index contributed by atoms with van der Waals surface area (Å²) in [5.74, 6) is -0.399. The van der Waals surface area contributed by atoms with Crippen molar-refractivity contribution in [1.82, 2.24) is 14.8 Å². The lowest BCUT2D eigenvalue weighted by atomic mass is 10.0. The van der Waals surface area contributed by atoms with Crippen LogP contribution in [0.5, 0.6) is 0 Å². The Morgan fingerprint density at radius 2 is 1.90 bits per heavy atom. The van der Waals surface area contributed by atoms with Crippen LogP contribution in [0.2, 0.25) is 0 Å². The number of hydrogen-bond acceptors (Lipinski definition) is 5. The molecule has 0 spiro atoms. The maximum Gasteiger partial charge on any atom is 0.236 e. The Morgan fingerprint density at radius 1 is 1.10 bits per heavy atom. The average molecular weight is 409 g/mol. The molecule has 1 aromatic heterocycles. The highest BCUT2D eigenvalue weighted by Gasteiger charge is 2.26. The molecule has 0 radical (unpaired) electrons. The molecule has 1 atom stereocenters. The lowest BCUT2D eigenvalue weighted by molar-refractivity contribution is -0.138. The summed E-state index contributed by atoms with van der Waals surface area (Å²) in [7, 11) is 0. The number of hydrogen-bond donors (Lipinski definition) is 2. The van der Waals surface area contributed by atoms with Crippen LogP contribution >= 0.6 is 0 Å². The number of benzene rings is 2. The lowest BCUT2D eigenvalue weighted by Gasteiger charge is -2.35. The number of carbonyl (C=O) groups excluding carboxylic acids is 1. The molecule has 1 saturated heterocycles. The van der Waals surface area contributed by atoms with Gasteiger partial charge in [-0.2, -0.15) is 0 Å². The molecule has 3 aromatic rings. The largest absolute Gasteiger partial charge is 0.394 e. The molecule has 2 heterocycles. The Bertz CT molecular complexity index is 1040. The van der Waals surface area contributed by atoms with E-state index in [2.05, 4.69) is 0 Å². The van der Waals surface area contributed by atoms with Crippen LogP contribution in [0.4, 0.5) is 4.39 Å². The van der Waals surface area contributed by atoms with Crippen LogP contribution in [0.1, 0.15) is 5.56 Å². The SMILES string of the molecule is O=C1CN(Cc2cc3cc(F)ccc3nc2-c2ccccc2)CCN1C[C@H](O)CO. The minimum atomic E-state index is -0.926. The van der Waals surface area contributed by atoms with E-state index in [-0.39, 0.29) is 31.4 Å². The van der Waals surface area contributed by atoms with E-state index in [4.69, 9.17) is 10.1 Å². The summed E-state index contributed by atoms with van der Waals surface area (Å²) in [6.45, 7) is 1.60. The summed E-state index contributed by atoms with van der Waals surface area (Å²) >= 11 is 0. The zero-order valence-corrected chi connectivity index (χ0v) is 16.5. The number of rotatable bonds is 6. The number of nitrogens with zero attached hydrogens (tertiary/aromatic N) is 3. The van der Waals surface area contributed by atoms with Gasteiger partial charge in [0.05, 0.1) is 30.5 Å². The van der Waals surface area contributed by atoms with Gasteiger partial charge in [-0.3, -0.25) is 9.69 Å². The van der Waals surface area contributed by atoms with Crippen LogP contribution in [-0.4, -0.2) is 69.8 Å². The van der Waals surface area contributed by atoms with Gasteiger partial charge < -0.3 is 15.1 Å². The Labute approximate surface area is 174 Å². The number of β-amino-alcohol motifs (C(OH)–C–C–N with tert-alkyl or cyclic N) is 1. The van der Waals surface area contributed by atoms with E-state index in [1.165, 1.54) is 12.1 Å². The maximum atomic E-state index is 13.8. The van der Waals surface area contributed by atoms with Crippen molar-refractivity contribution in [2.45, 2.75) is 12.6 Å². The van der Waals surface area contributed by atoms with Crippen molar-refractivity contribution in [2.75, 3.05) is 32.8 Å². The molecule has 2 aromatic carbocycles. The number of fused-ring (bicyclic) bond motifs is 1. The molecule has 1 aliphatic heterocycles. The summed E-state index contributed by atoms with van der Waals surface area (Å²) in [4.78, 5) is 20.9. The van der Waals surface area contributed by atoms with E-state index in [0.29, 0.717) is 19.6 Å². The van der Waals surface area contributed by atoms with Crippen LogP contribution in [0, 0.1) is 5.82 Å². The fraction of sp³-hybridized carbons (Fsp3) is 0.304. The van der Waals surface area contributed by atoms with Crippen molar-refractivity contribution in [3.05, 3.63) is 66.0 Å². The molecule has 30 heavy (non-hydrogen) atoms. The van der Waals surface area contributed by atoms with E-state index in [9.17, 15) is 14.3 Å². The molecular formula is C23H24FN3O3. The van der Waals surface area contributed by atoms with Crippen molar-refractivity contribution < 1.29 is 19.4 Å². The van der Waals surface area contributed by atoms with Gasteiger partial charge in [-0.1, -0.05) is 30.3 Å². The zero-order valence-electron chi connectivity index (χ0n) is 16.5. The summed E-state index contributed by atoms with van der Waals surface area (Å²) in [6, 6.07) is 16.3.